The van der Waals surface area contributed by atoms with Crippen molar-refractivity contribution in [3.05, 3.63) is 47.5 Å². The van der Waals surface area contributed by atoms with Crippen LogP contribution in [0.2, 0.25) is 0 Å². The van der Waals surface area contributed by atoms with Gasteiger partial charge >= 0.3 is 0 Å². The van der Waals surface area contributed by atoms with E-state index in [0.29, 0.717) is 17.6 Å². The predicted octanol–water partition coefficient (Wildman–Crippen LogP) is 1.66. The summed E-state index contributed by atoms with van der Waals surface area (Å²) in [6.45, 7) is 5.19. The van der Waals surface area contributed by atoms with E-state index in [2.05, 4.69) is 6.58 Å². The zero-order valence-electron chi connectivity index (χ0n) is 8.71. The summed E-state index contributed by atoms with van der Waals surface area (Å²) in [5.41, 5.74) is 7.55. The van der Waals surface area contributed by atoms with Gasteiger partial charge in [0.25, 0.3) is 0 Å². The third-order valence-electron chi connectivity index (χ3n) is 2.15. The average Bonchev–Trinajstić information content (AvgIpc) is 2.18. The first-order chi connectivity index (χ1) is 7.00. The summed E-state index contributed by atoms with van der Waals surface area (Å²) in [5.74, 6) is 0.0218. The number of Topliss-reactive ketones (excluding diaryl/α,β-unsaturated/α-hetero) is 1. The van der Waals surface area contributed by atoms with Gasteiger partial charge in [-0.1, -0.05) is 24.8 Å². The minimum absolute atomic E-state index is 0.0109. The van der Waals surface area contributed by atoms with Crippen LogP contribution in [0.5, 0.6) is 0 Å². The molecule has 0 aromatic heterocycles. The Kier molecular flexibility index (Phi) is 3.39. The Hall–Kier alpha value is -1.90. The molecule has 0 aliphatic rings. The molecule has 0 amide bonds. The lowest BCUT2D eigenvalue weighted by molar-refractivity contribution is -0.113. The van der Waals surface area contributed by atoms with Crippen molar-refractivity contribution in [3.8, 4) is 0 Å². The van der Waals surface area contributed by atoms with Crippen LogP contribution in [-0.4, -0.2) is 11.6 Å². The highest BCUT2D eigenvalue weighted by atomic mass is 16.1. The first kappa shape index (κ1) is 11.2. The van der Waals surface area contributed by atoms with Gasteiger partial charge in [0.1, 0.15) is 5.84 Å². The Labute approximate surface area is 89.1 Å². The van der Waals surface area contributed by atoms with Crippen molar-refractivity contribution in [2.75, 3.05) is 0 Å². The lowest BCUT2D eigenvalue weighted by atomic mass is 10.0. The number of ketones is 1. The molecular formula is C12H14N2O. The number of carbonyl (C=O) groups is 1. The van der Waals surface area contributed by atoms with Crippen molar-refractivity contribution in [1.29, 1.82) is 5.41 Å². The number of nitrogens with one attached hydrogen (secondary N) is 1. The Bertz CT molecular complexity index is 421. The first-order valence-corrected chi connectivity index (χ1v) is 4.62. The molecule has 0 saturated carbocycles. The third kappa shape index (κ3) is 3.06. The molecule has 0 saturated heterocycles. The molecule has 0 aliphatic heterocycles. The number of hydrogen-bond acceptors (Lipinski definition) is 2. The van der Waals surface area contributed by atoms with E-state index in [-0.39, 0.29) is 11.6 Å². The van der Waals surface area contributed by atoms with E-state index in [1.165, 1.54) is 6.92 Å². The Morgan fingerprint density at radius 2 is 2.20 bits per heavy atom. The highest BCUT2D eigenvalue weighted by Gasteiger charge is 2.03. The summed E-state index contributed by atoms with van der Waals surface area (Å²) in [4.78, 5) is 11.0. The van der Waals surface area contributed by atoms with Gasteiger partial charge in [0.05, 0.1) is 0 Å². The highest BCUT2D eigenvalue weighted by Crippen LogP contribution is 2.09. The lowest BCUT2D eigenvalue weighted by Crippen LogP contribution is -2.11. The summed E-state index contributed by atoms with van der Waals surface area (Å²) in [6.07, 6.45) is 0.510. The number of allylic oxidation sites excluding steroid dienone is 1. The van der Waals surface area contributed by atoms with Crippen LogP contribution in [0.25, 0.3) is 0 Å². The molecule has 0 spiro atoms. The molecule has 0 bridgehead atoms. The standard InChI is InChI=1S/C12H14N2O/c1-8(9(2)15)6-10-4-3-5-11(7-10)12(13)14/h3-5,7H,1,6H2,2H3,(H3,13,14). The van der Waals surface area contributed by atoms with Crippen LogP contribution in [0.4, 0.5) is 0 Å². The van der Waals surface area contributed by atoms with E-state index in [0.717, 1.165) is 5.56 Å². The number of amidine groups is 1. The molecule has 0 unspecified atom stereocenters. The van der Waals surface area contributed by atoms with Crippen LogP contribution in [-0.2, 0) is 11.2 Å². The molecule has 0 heterocycles. The van der Waals surface area contributed by atoms with Gasteiger partial charge in [-0.05, 0) is 24.1 Å². The Balaban J connectivity index is 2.87. The minimum Gasteiger partial charge on any atom is -0.384 e. The summed E-state index contributed by atoms with van der Waals surface area (Å²) < 4.78 is 0. The molecule has 1 rings (SSSR count). The Morgan fingerprint density at radius 1 is 1.53 bits per heavy atom. The van der Waals surface area contributed by atoms with E-state index < -0.39 is 0 Å². The minimum atomic E-state index is -0.0109. The van der Waals surface area contributed by atoms with Crippen molar-refractivity contribution in [2.45, 2.75) is 13.3 Å². The maximum Gasteiger partial charge on any atom is 0.155 e. The topological polar surface area (TPSA) is 66.9 Å². The molecule has 0 radical (unpaired) electrons. The predicted molar refractivity (Wildman–Crippen MR) is 61.0 cm³/mol. The van der Waals surface area contributed by atoms with E-state index in [1.807, 2.05) is 12.1 Å². The number of nitrogens with two attached hydrogens (primary N) is 1. The molecule has 0 aliphatic carbocycles. The van der Waals surface area contributed by atoms with Gasteiger partial charge in [-0.3, -0.25) is 10.2 Å². The van der Waals surface area contributed by atoms with Gasteiger partial charge in [0, 0.05) is 12.0 Å². The first-order valence-electron chi connectivity index (χ1n) is 4.62. The molecular weight excluding hydrogens is 188 g/mol. The van der Waals surface area contributed by atoms with Gasteiger partial charge < -0.3 is 5.73 Å². The molecule has 3 N–H and O–H groups in total. The fourth-order valence-corrected chi connectivity index (χ4v) is 1.22. The Morgan fingerprint density at radius 3 is 2.73 bits per heavy atom. The number of carbonyl (C=O) groups excluding carboxylic acids is 1. The van der Waals surface area contributed by atoms with E-state index in [4.69, 9.17) is 11.1 Å². The second-order valence-electron chi connectivity index (χ2n) is 3.45. The van der Waals surface area contributed by atoms with E-state index in [9.17, 15) is 4.79 Å². The van der Waals surface area contributed by atoms with Crippen molar-refractivity contribution < 1.29 is 4.79 Å². The largest absolute Gasteiger partial charge is 0.384 e. The number of benzene rings is 1. The molecule has 1 aromatic rings. The van der Waals surface area contributed by atoms with Crippen LogP contribution >= 0.6 is 0 Å². The number of nitrogen functional groups attached to an aromatic ring is 1. The van der Waals surface area contributed by atoms with Crippen molar-refractivity contribution in [3.63, 3.8) is 0 Å². The van der Waals surface area contributed by atoms with Gasteiger partial charge in [0.15, 0.2) is 5.78 Å². The van der Waals surface area contributed by atoms with Gasteiger partial charge in [-0.15, -0.1) is 0 Å². The molecule has 0 atom stereocenters. The molecule has 78 valence electrons. The molecule has 15 heavy (non-hydrogen) atoms. The highest BCUT2D eigenvalue weighted by molar-refractivity contribution is 5.95. The van der Waals surface area contributed by atoms with Crippen LogP contribution in [0.1, 0.15) is 18.1 Å². The molecule has 3 heteroatoms. The number of rotatable bonds is 4. The average molecular weight is 202 g/mol. The van der Waals surface area contributed by atoms with Crippen LogP contribution in [0.3, 0.4) is 0 Å². The normalized spacial score (nSPS) is 9.67. The summed E-state index contributed by atoms with van der Waals surface area (Å²) >= 11 is 0. The van der Waals surface area contributed by atoms with Gasteiger partial charge in [0.2, 0.25) is 0 Å². The molecule has 1 aromatic carbocycles. The second-order valence-corrected chi connectivity index (χ2v) is 3.45. The lowest BCUT2D eigenvalue weighted by Gasteiger charge is -2.04. The van der Waals surface area contributed by atoms with Crippen LogP contribution < -0.4 is 5.73 Å². The molecule has 3 nitrogen and oxygen atoms in total. The quantitative estimate of drug-likeness (QED) is 0.443. The van der Waals surface area contributed by atoms with Crippen LogP contribution in [0, 0.1) is 5.41 Å². The smallest absolute Gasteiger partial charge is 0.155 e. The van der Waals surface area contributed by atoms with Crippen molar-refractivity contribution in [2.24, 2.45) is 5.73 Å². The third-order valence-corrected chi connectivity index (χ3v) is 2.15. The van der Waals surface area contributed by atoms with Gasteiger partial charge in [-0.2, -0.15) is 0 Å². The van der Waals surface area contributed by atoms with E-state index >= 15 is 0 Å². The monoisotopic (exact) mass is 202 g/mol. The SMILES string of the molecule is C=C(Cc1cccc(C(=N)N)c1)C(C)=O. The maximum atomic E-state index is 11.0. The van der Waals surface area contributed by atoms with E-state index in [1.54, 1.807) is 12.1 Å². The fourth-order valence-electron chi connectivity index (χ4n) is 1.22. The molecule has 0 fully saturated rings. The van der Waals surface area contributed by atoms with Gasteiger partial charge in [-0.25, -0.2) is 0 Å². The second kappa shape index (κ2) is 4.55. The van der Waals surface area contributed by atoms with Crippen molar-refractivity contribution >= 4 is 11.6 Å². The summed E-state index contributed by atoms with van der Waals surface area (Å²) in [7, 11) is 0. The van der Waals surface area contributed by atoms with Crippen molar-refractivity contribution in [1.82, 2.24) is 0 Å². The van der Waals surface area contributed by atoms with Crippen LogP contribution in [0.15, 0.2) is 36.4 Å². The number of hydrogen-bond donors (Lipinski definition) is 2. The fraction of sp³-hybridized carbons (Fsp3) is 0.167. The maximum absolute atomic E-state index is 11.0. The zero-order chi connectivity index (χ0) is 11.4. The summed E-state index contributed by atoms with van der Waals surface area (Å²) in [6, 6.07) is 7.28. The zero-order valence-corrected chi connectivity index (χ0v) is 8.71. The summed E-state index contributed by atoms with van der Waals surface area (Å²) in [5, 5.41) is 7.29.